The van der Waals surface area contributed by atoms with Gasteiger partial charge >= 0.3 is 0 Å². The zero-order chi connectivity index (χ0) is 17.4. The minimum atomic E-state index is -0.379. The van der Waals surface area contributed by atoms with Crippen molar-refractivity contribution in [2.45, 2.75) is 38.1 Å². The monoisotopic (exact) mass is 344 g/mol. The molecule has 1 atom stereocenters. The molecule has 0 saturated heterocycles. The number of ketones is 1. The summed E-state index contributed by atoms with van der Waals surface area (Å²) >= 11 is 1.27. The number of aromatic nitrogens is 4. The van der Waals surface area contributed by atoms with Gasteiger partial charge in [0.25, 0.3) is 5.78 Å². The summed E-state index contributed by atoms with van der Waals surface area (Å²) in [5.74, 6) is 0.0802. The van der Waals surface area contributed by atoms with E-state index in [4.69, 9.17) is 0 Å². The number of fused-ring (bicyclic) bond motifs is 1. The zero-order valence-corrected chi connectivity index (χ0v) is 14.7. The topological polar surface area (TPSA) is 60.2 Å². The van der Waals surface area contributed by atoms with Gasteiger partial charge in [-0.1, -0.05) is 11.8 Å². The van der Waals surface area contributed by atoms with E-state index >= 15 is 0 Å². The fraction of sp³-hybridized carbons (Fsp3) is 0.294. The van der Waals surface area contributed by atoms with Crippen molar-refractivity contribution < 1.29 is 9.18 Å². The van der Waals surface area contributed by atoms with E-state index in [9.17, 15) is 9.18 Å². The van der Waals surface area contributed by atoms with Gasteiger partial charge in [-0.05, 0) is 57.5 Å². The average Bonchev–Trinajstić information content (AvgIpc) is 2.95. The maximum Gasteiger partial charge on any atom is 0.253 e. The summed E-state index contributed by atoms with van der Waals surface area (Å²) < 4.78 is 14.7. The molecule has 0 fully saturated rings. The number of hydrogen-bond donors (Lipinski definition) is 0. The highest BCUT2D eigenvalue weighted by atomic mass is 32.2. The number of rotatable bonds is 4. The fourth-order valence-electron chi connectivity index (χ4n) is 2.35. The first kappa shape index (κ1) is 16.6. The Hall–Kier alpha value is -2.28. The van der Waals surface area contributed by atoms with Crippen molar-refractivity contribution in [3.05, 3.63) is 52.6 Å². The van der Waals surface area contributed by atoms with Crippen molar-refractivity contribution in [3.63, 3.8) is 0 Å². The van der Waals surface area contributed by atoms with Crippen LogP contribution in [0.15, 0.2) is 29.4 Å². The summed E-state index contributed by atoms with van der Waals surface area (Å²) in [4.78, 5) is 21.3. The van der Waals surface area contributed by atoms with E-state index < -0.39 is 0 Å². The fourth-order valence-corrected chi connectivity index (χ4v) is 3.17. The lowest BCUT2D eigenvalue weighted by atomic mass is 10.1. The Morgan fingerprint density at radius 1 is 1.17 bits per heavy atom. The lowest BCUT2D eigenvalue weighted by Crippen LogP contribution is -2.13. The number of nitrogens with zero attached hydrogens (tertiary/aromatic N) is 4. The molecular weight excluding hydrogens is 327 g/mol. The molecule has 0 radical (unpaired) electrons. The van der Waals surface area contributed by atoms with Crippen molar-refractivity contribution in [1.82, 2.24) is 19.6 Å². The molecule has 3 rings (SSSR count). The molecular formula is C17H17FN4OS. The van der Waals surface area contributed by atoms with E-state index in [1.54, 1.807) is 11.4 Å². The van der Waals surface area contributed by atoms with Crippen LogP contribution in [0.2, 0.25) is 0 Å². The molecule has 124 valence electrons. The molecule has 1 unspecified atom stereocenters. The molecule has 1 aromatic carbocycles. The Bertz CT molecular complexity index is 920. The zero-order valence-electron chi connectivity index (χ0n) is 13.9. The quantitative estimate of drug-likeness (QED) is 0.535. The third kappa shape index (κ3) is 3.03. The van der Waals surface area contributed by atoms with Crippen LogP contribution in [0.5, 0.6) is 0 Å². The van der Waals surface area contributed by atoms with Gasteiger partial charge in [0.05, 0.1) is 5.25 Å². The van der Waals surface area contributed by atoms with Crippen LogP contribution in [-0.2, 0) is 0 Å². The van der Waals surface area contributed by atoms with Crippen molar-refractivity contribution in [1.29, 1.82) is 0 Å². The average molecular weight is 344 g/mol. The number of carbonyl (C=O) groups excluding carboxylic acids is 1. The van der Waals surface area contributed by atoms with Crippen molar-refractivity contribution in [2.24, 2.45) is 0 Å². The highest BCUT2D eigenvalue weighted by molar-refractivity contribution is 8.00. The van der Waals surface area contributed by atoms with Gasteiger partial charge in [0.2, 0.25) is 5.16 Å². The van der Waals surface area contributed by atoms with Gasteiger partial charge in [-0.3, -0.25) is 4.79 Å². The van der Waals surface area contributed by atoms with Crippen LogP contribution >= 0.6 is 11.8 Å². The van der Waals surface area contributed by atoms with Crippen molar-refractivity contribution in [3.8, 4) is 0 Å². The number of halogens is 1. The summed E-state index contributed by atoms with van der Waals surface area (Å²) in [5, 5.41) is 4.56. The SMILES string of the molecule is Cc1nc2nc(SC(C)C(=O)c3ccc(F)cc3)nn2c(C)c1C. The molecule has 24 heavy (non-hydrogen) atoms. The number of benzene rings is 1. The second-order valence-electron chi connectivity index (χ2n) is 5.65. The van der Waals surface area contributed by atoms with Gasteiger partial charge in [-0.25, -0.2) is 13.9 Å². The molecule has 3 aromatic rings. The second kappa shape index (κ2) is 6.32. The molecule has 0 amide bonds. The molecule has 0 saturated carbocycles. The molecule has 2 aromatic heterocycles. The first-order valence-corrected chi connectivity index (χ1v) is 8.42. The van der Waals surface area contributed by atoms with E-state index in [1.807, 2.05) is 20.8 Å². The summed E-state index contributed by atoms with van der Waals surface area (Å²) in [6.07, 6.45) is 0. The highest BCUT2D eigenvalue weighted by Crippen LogP contribution is 2.24. The molecule has 0 N–H and O–H groups in total. The van der Waals surface area contributed by atoms with Crippen LogP contribution in [0, 0.1) is 26.6 Å². The minimum absolute atomic E-state index is 0.0871. The molecule has 0 aliphatic rings. The highest BCUT2D eigenvalue weighted by Gasteiger charge is 2.20. The van der Waals surface area contributed by atoms with Crippen molar-refractivity contribution in [2.75, 3.05) is 0 Å². The van der Waals surface area contributed by atoms with E-state index in [-0.39, 0.29) is 16.9 Å². The molecule has 0 aliphatic carbocycles. The largest absolute Gasteiger partial charge is 0.293 e. The second-order valence-corrected chi connectivity index (χ2v) is 6.95. The van der Waals surface area contributed by atoms with Crippen molar-refractivity contribution >= 4 is 23.3 Å². The normalized spacial score (nSPS) is 12.5. The third-order valence-electron chi connectivity index (χ3n) is 4.02. The molecule has 0 bridgehead atoms. The number of Topliss-reactive ketones (excluding diaryl/α,β-unsaturated/α-hetero) is 1. The molecule has 0 aliphatic heterocycles. The summed E-state index contributed by atoms with van der Waals surface area (Å²) in [6, 6.07) is 5.55. The van der Waals surface area contributed by atoms with Crippen LogP contribution in [0.4, 0.5) is 4.39 Å². The van der Waals surface area contributed by atoms with Crippen LogP contribution in [0.1, 0.15) is 34.2 Å². The molecule has 5 nitrogen and oxygen atoms in total. The maximum absolute atomic E-state index is 13.0. The van der Waals surface area contributed by atoms with E-state index in [1.165, 1.54) is 36.0 Å². The Labute approximate surface area is 143 Å². The Morgan fingerprint density at radius 2 is 1.83 bits per heavy atom. The first-order chi connectivity index (χ1) is 11.4. The summed E-state index contributed by atoms with van der Waals surface area (Å²) in [6.45, 7) is 7.68. The Kier molecular flexibility index (Phi) is 4.36. The van der Waals surface area contributed by atoms with E-state index in [2.05, 4.69) is 15.1 Å². The number of carbonyl (C=O) groups is 1. The van der Waals surface area contributed by atoms with Crippen LogP contribution in [-0.4, -0.2) is 30.6 Å². The lowest BCUT2D eigenvalue weighted by Gasteiger charge is -2.07. The van der Waals surface area contributed by atoms with Gasteiger partial charge in [0, 0.05) is 17.0 Å². The molecule has 2 heterocycles. The van der Waals surface area contributed by atoms with Crippen LogP contribution in [0.25, 0.3) is 5.78 Å². The molecule has 7 heteroatoms. The van der Waals surface area contributed by atoms with Gasteiger partial charge in [-0.2, -0.15) is 4.98 Å². The summed E-state index contributed by atoms with van der Waals surface area (Å²) in [7, 11) is 0. The first-order valence-electron chi connectivity index (χ1n) is 7.54. The lowest BCUT2D eigenvalue weighted by molar-refractivity contribution is 0.0994. The maximum atomic E-state index is 13.0. The van der Waals surface area contributed by atoms with Crippen LogP contribution < -0.4 is 0 Å². The van der Waals surface area contributed by atoms with Gasteiger partial charge in [0.15, 0.2) is 5.78 Å². The van der Waals surface area contributed by atoms with E-state index in [0.29, 0.717) is 16.5 Å². The van der Waals surface area contributed by atoms with Gasteiger partial charge < -0.3 is 0 Å². The Morgan fingerprint density at radius 3 is 2.50 bits per heavy atom. The predicted molar refractivity (Wildman–Crippen MR) is 91.0 cm³/mol. The Balaban J connectivity index is 1.85. The third-order valence-corrected chi connectivity index (χ3v) is 4.97. The standard InChI is InChI=1S/C17H17FN4OS/c1-9-10(2)19-16-20-17(21-22(16)11(9)3)24-12(4)15(23)13-5-7-14(18)8-6-13/h5-8,12H,1-4H3. The van der Waals surface area contributed by atoms with Gasteiger partial charge in [0.1, 0.15) is 5.82 Å². The number of hydrogen-bond acceptors (Lipinski definition) is 5. The molecule has 0 spiro atoms. The summed E-state index contributed by atoms with van der Waals surface area (Å²) in [5.41, 5.74) is 3.44. The van der Waals surface area contributed by atoms with Crippen LogP contribution in [0.3, 0.4) is 0 Å². The predicted octanol–water partition coefficient (Wildman–Crippen LogP) is 3.55. The smallest absolute Gasteiger partial charge is 0.253 e. The minimum Gasteiger partial charge on any atom is -0.293 e. The van der Waals surface area contributed by atoms with Gasteiger partial charge in [-0.15, -0.1) is 5.10 Å². The number of thioether (sulfide) groups is 1. The number of aryl methyl sites for hydroxylation is 2. The van der Waals surface area contributed by atoms with E-state index in [0.717, 1.165) is 17.0 Å².